The molecule has 0 spiro atoms. The second kappa shape index (κ2) is 4.11. The van der Waals surface area contributed by atoms with Gasteiger partial charge in [-0.05, 0) is 36.8 Å². The zero-order valence-electron chi connectivity index (χ0n) is 8.90. The second-order valence-corrected chi connectivity index (χ2v) is 4.19. The number of halogens is 4. The number of rotatable bonds is 1. The van der Waals surface area contributed by atoms with Crippen LogP contribution < -0.4 is 0 Å². The van der Waals surface area contributed by atoms with E-state index in [1.165, 1.54) is 6.07 Å². The molecule has 2 aromatic rings. The highest BCUT2D eigenvalue weighted by atomic mass is 35.5. The number of aryl methyl sites for hydroxylation is 1. The number of aromatic amines is 1. The van der Waals surface area contributed by atoms with Crippen molar-refractivity contribution in [3.8, 4) is 11.3 Å². The molecule has 17 heavy (non-hydrogen) atoms. The summed E-state index contributed by atoms with van der Waals surface area (Å²) in [5.74, 6) is 0. The molecule has 0 saturated heterocycles. The van der Waals surface area contributed by atoms with E-state index in [1.54, 1.807) is 12.3 Å². The van der Waals surface area contributed by atoms with Crippen molar-refractivity contribution >= 4 is 11.6 Å². The van der Waals surface area contributed by atoms with E-state index < -0.39 is 11.7 Å². The first kappa shape index (κ1) is 12.0. The normalized spacial score (nSPS) is 11.8. The van der Waals surface area contributed by atoms with Gasteiger partial charge in [-0.1, -0.05) is 11.6 Å². The maximum absolute atomic E-state index is 12.6. The zero-order chi connectivity index (χ0) is 12.6. The minimum absolute atomic E-state index is 0.292. The van der Waals surface area contributed by atoms with Crippen molar-refractivity contribution in [2.75, 3.05) is 0 Å². The monoisotopic (exact) mass is 259 g/mol. The Morgan fingerprint density at radius 1 is 1.18 bits per heavy atom. The quantitative estimate of drug-likeness (QED) is 0.766. The summed E-state index contributed by atoms with van der Waals surface area (Å²) in [5, 5.41) is 0.292. The molecule has 1 heterocycles. The van der Waals surface area contributed by atoms with Crippen molar-refractivity contribution in [3.63, 3.8) is 0 Å². The van der Waals surface area contributed by atoms with E-state index in [0.29, 0.717) is 16.3 Å². The van der Waals surface area contributed by atoms with E-state index in [0.717, 1.165) is 17.7 Å². The molecule has 1 aromatic carbocycles. The third-order valence-electron chi connectivity index (χ3n) is 2.41. The van der Waals surface area contributed by atoms with Gasteiger partial charge in [0.15, 0.2) is 0 Å². The highest BCUT2D eigenvalue weighted by Gasteiger charge is 2.31. The third kappa shape index (κ3) is 2.47. The smallest absolute Gasteiger partial charge is 0.361 e. The molecule has 0 aliphatic carbocycles. The number of alkyl halides is 3. The number of H-pyrrole nitrogens is 1. The Bertz CT molecular complexity index is 543. The summed E-state index contributed by atoms with van der Waals surface area (Å²) in [6.45, 7) is 1.85. The summed E-state index contributed by atoms with van der Waals surface area (Å²) in [4.78, 5) is 2.89. The van der Waals surface area contributed by atoms with Gasteiger partial charge in [-0.25, -0.2) is 0 Å². The van der Waals surface area contributed by atoms with Crippen molar-refractivity contribution in [1.29, 1.82) is 0 Å². The van der Waals surface area contributed by atoms with Crippen molar-refractivity contribution < 1.29 is 13.2 Å². The van der Waals surface area contributed by atoms with Crippen LogP contribution in [0.3, 0.4) is 0 Å². The van der Waals surface area contributed by atoms with Crippen LogP contribution in [0.2, 0.25) is 5.02 Å². The van der Waals surface area contributed by atoms with E-state index >= 15 is 0 Å². The van der Waals surface area contributed by atoms with Gasteiger partial charge in [-0.15, -0.1) is 0 Å². The number of benzene rings is 1. The van der Waals surface area contributed by atoms with E-state index in [2.05, 4.69) is 4.98 Å². The van der Waals surface area contributed by atoms with Crippen molar-refractivity contribution in [2.24, 2.45) is 0 Å². The fourth-order valence-electron chi connectivity index (χ4n) is 1.57. The molecular weight excluding hydrogens is 251 g/mol. The molecule has 0 aliphatic rings. The number of hydrogen-bond donors (Lipinski definition) is 1. The Balaban J connectivity index is 2.54. The van der Waals surface area contributed by atoms with Crippen LogP contribution in [0.1, 0.15) is 11.1 Å². The van der Waals surface area contributed by atoms with Crippen LogP contribution >= 0.6 is 11.6 Å². The molecule has 0 fully saturated rings. The van der Waals surface area contributed by atoms with Gasteiger partial charge in [0.05, 0.1) is 5.56 Å². The van der Waals surface area contributed by atoms with E-state index in [4.69, 9.17) is 11.6 Å². The lowest BCUT2D eigenvalue weighted by atomic mass is 10.1. The topological polar surface area (TPSA) is 15.8 Å². The molecule has 0 atom stereocenters. The fraction of sp³-hybridized carbons (Fsp3) is 0.167. The molecular formula is C12H9ClF3N. The maximum Gasteiger partial charge on any atom is 0.416 e. The number of hydrogen-bond acceptors (Lipinski definition) is 0. The molecule has 1 N–H and O–H groups in total. The summed E-state index contributed by atoms with van der Waals surface area (Å²) in [5.41, 5.74) is 1.17. The van der Waals surface area contributed by atoms with Crippen LogP contribution in [0.25, 0.3) is 11.3 Å². The highest BCUT2D eigenvalue weighted by molar-refractivity contribution is 6.33. The summed E-state index contributed by atoms with van der Waals surface area (Å²) in [6.07, 6.45) is -2.65. The number of nitrogens with one attached hydrogen (secondary N) is 1. The van der Waals surface area contributed by atoms with Crippen molar-refractivity contribution in [2.45, 2.75) is 13.1 Å². The Labute approximate surface area is 101 Å². The Kier molecular flexibility index (Phi) is 2.91. The van der Waals surface area contributed by atoms with Gasteiger partial charge in [0.1, 0.15) is 0 Å². The van der Waals surface area contributed by atoms with Gasteiger partial charge in [-0.3, -0.25) is 0 Å². The van der Waals surface area contributed by atoms with Crippen LogP contribution in [-0.4, -0.2) is 4.98 Å². The molecule has 0 bridgehead atoms. The van der Waals surface area contributed by atoms with Crippen LogP contribution in [0.15, 0.2) is 30.5 Å². The SMILES string of the molecule is Cc1c[nH]c(-c2cc(C(F)(F)F)ccc2Cl)c1. The molecule has 0 amide bonds. The van der Waals surface area contributed by atoms with Gasteiger partial charge in [0.2, 0.25) is 0 Å². The molecule has 1 aromatic heterocycles. The minimum Gasteiger partial charge on any atom is -0.361 e. The average molecular weight is 260 g/mol. The predicted molar refractivity (Wildman–Crippen MR) is 61.0 cm³/mol. The van der Waals surface area contributed by atoms with Gasteiger partial charge >= 0.3 is 6.18 Å². The van der Waals surface area contributed by atoms with Crippen LogP contribution in [0, 0.1) is 6.92 Å². The third-order valence-corrected chi connectivity index (χ3v) is 2.74. The summed E-state index contributed by atoms with van der Waals surface area (Å²) in [6, 6.07) is 5.03. The summed E-state index contributed by atoms with van der Waals surface area (Å²) < 4.78 is 37.7. The first-order chi connectivity index (χ1) is 7.88. The molecule has 0 aliphatic heterocycles. The molecule has 2 rings (SSSR count). The van der Waals surface area contributed by atoms with Crippen LogP contribution in [0.4, 0.5) is 13.2 Å². The van der Waals surface area contributed by atoms with Crippen LogP contribution in [-0.2, 0) is 6.18 Å². The van der Waals surface area contributed by atoms with E-state index in [-0.39, 0.29) is 0 Å². The Morgan fingerprint density at radius 3 is 2.41 bits per heavy atom. The lowest BCUT2D eigenvalue weighted by molar-refractivity contribution is -0.137. The summed E-state index contributed by atoms with van der Waals surface area (Å²) >= 11 is 5.90. The van der Waals surface area contributed by atoms with Gasteiger partial charge in [0, 0.05) is 22.5 Å². The predicted octanol–water partition coefficient (Wildman–Crippen LogP) is 4.66. The fourth-order valence-corrected chi connectivity index (χ4v) is 1.79. The molecule has 0 radical (unpaired) electrons. The van der Waals surface area contributed by atoms with Gasteiger partial charge < -0.3 is 4.98 Å². The van der Waals surface area contributed by atoms with Crippen LogP contribution in [0.5, 0.6) is 0 Å². The maximum atomic E-state index is 12.6. The average Bonchev–Trinajstić information content (AvgIpc) is 2.63. The second-order valence-electron chi connectivity index (χ2n) is 3.78. The largest absolute Gasteiger partial charge is 0.416 e. The van der Waals surface area contributed by atoms with Gasteiger partial charge in [0.25, 0.3) is 0 Å². The van der Waals surface area contributed by atoms with Gasteiger partial charge in [-0.2, -0.15) is 13.2 Å². The molecule has 0 saturated carbocycles. The molecule has 5 heteroatoms. The lowest BCUT2D eigenvalue weighted by Gasteiger charge is -2.09. The summed E-state index contributed by atoms with van der Waals surface area (Å²) in [7, 11) is 0. The number of aromatic nitrogens is 1. The Hall–Kier alpha value is -1.42. The van der Waals surface area contributed by atoms with E-state index in [1.807, 2.05) is 6.92 Å². The van der Waals surface area contributed by atoms with Crippen molar-refractivity contribution in [3.05, 3.63) is 46.6 Å². The first-order valence-electron chi connectivity index (χ1n) is 4.90. The zero-order valence-corrected chi connectivity index (χ0v) is 9.65. The highest BCUT2D eigenvalue weighted by Crippen LogP contribution is 2.35. The molecule has 1 nitrogen and oxygen atoms in total. The minimum atomic E-state index is -4.36. The first-order valence-corrected chi connectivity index (χ1v) is 5.28. The van der Waals surface area contributed by atoms with E-state index in [9.17, 15) is 13.2 Å². The van der Waals surface area contributed by atoms with Crippen molar-refractivity contribution in [1.82, 2.24) is 4.98 Å². The standard InChI is InChI=1S/C12H9ClF3N/c1-7-4-11(17-6-7)9-5-8(12(14,15)16)2-3-10(9)13/h2-6,17H,1H3. The molecule has 0 unspecified atom stereocenters. The molecule has 90 valence electrons. The Morgan fingerprint density at radius 2 is 1.88 bits per heavy atom. The lowest BCUT2D eigenvalue weighted by Crippen LogP contribution is -2.04.